The molecular weight excluding hydrogens is 180 g/mol. The topological polar surface area (TPSA) is 43.4 Å². The van der Waals surface area contributed by atoms with Gasteiger partial charge in [-0.3, -0.25) is 4.79 Å². The number of esters is 1. The molecule has 0 aromatic heterocycles. The van der Waals surface area contributed by atoms with Crippen molar-refractivity contribution in [3.05, 3.63) is 11.6 Å². The van der Waals surface area contributed by atoms with Gasteiger partial charge >= 0.3 is 5.97 Å². The third kappa shape index (κ3) is 2.44. The number of allylic oxidation sites excluding steroid dienone is 1. The maximum atomic E-state index is 11.6. The van der Waals surface area contributed by atoms with Gasteiger partial charge in [-0.25, -0.2) is 4.79 Å². The molecule has 3 heteroatoms. The molecule has 0 spiro atoms. The van der Waals surface area contributed by atoms with E-state index in [9.17, 15) is 9.59 Å². The van der Waals surface area contributed by atoms with Crippen LogP contribution in [0.1, 0.15) is 34.1 Å². The van der Waals surface area contributed by atoms with Crippen LogP contribution in [0, 0.1) is 5.92 Å². The molecule has 0 aromatic carbocycles. The lowest BCUT2D eigenvalue weighted by molar-refractivity contribution is -0.159. The first-order chi connectivity index (χ1) is 6.32. The van der Waals surface area contributed by atoms with E-state index >= 15 is 0 Å². The highest BCUT2D eigenvalue weighted by Crippen LogP contribution is 2.25. The second-order valence-electron chi connectivity index (χ2n) is 4.57. The fourth-order valence-electron chi connectivity index (χ4n) is 1.43. The Balaban J connectivity index is 2.92. The van der Waals surface area contributed by atoms with Gasteiger partial charge < -0.3 is 4.74 Å². The number of rotatable bonds is 1. The third-order valence-corrected chi connectivity index (χ3v) is 1.98. The van der Waals surface area contributed by atoms with Crippen LogP contribution in [0.4, 0.5) is 0 Å². The maximum absolute atomic E-state index is 11.6. The minimum absolute atomic E-state index is 0.111. The Morgan fingerprint density at radius 1 is 1.36 bits per heavy atom. The highest BCUT2D eigenvalue weighted by atomic mass is 16.6. The number of ether oxygens (including phenoxy) is 1. The number of ketones is 1. The molecule has 0 amide bonds. The Morgan fingerprint density at radius 3 is 2.36 bits per heavy atom. The summed E-state index contributed by atoms with van der Waals surface area (Å²) in [4.78, 5) is 23.0. The number of hydrogen-bond acceptors (Lipinski definition) is 3. The lowest BCUT2D eigenvalue weighted by atomic mass is 9.92. The van der Waals surface area contributed by atoms with E-state index in [0.717, 1.165) is 0 Å². The number of carbonyl (C=O) groups excluding carboxylic acids is 2. The summed E-state index contributed by atoms with van der Waals surface area (Å²) in [6.45, 7) is 7.34. The lowest BCUT2D eigenvalue weighted by Crippen LogP contribution is -2.39. The van der Waals surface area contributed by atoms with E-state index in [1.807, 2.05) is 13.8 Å². The molecule has 0 saturated carbocycles. The van der Waals surface area contributed by atoms with Crippen molar-refractivity contribution >= 4 is 11.8 Å². The Bertz CT molecular complexity index is 276. The molecule has 3 nitrogen and oxygen atoms in total. The molecule has 0 unspecified atom stereocenters. The second kappa shape index (κ2) is 3.56. The SMILES string of the molecule is CC(C)/C=C1/C(=O)CC(C)(C)OC1=O. The van der Waals surface area contributed by atoms with Crippen molar-refractivity contribution < 1.29 is 14.3 Å². The zero-order valence-electron chi connectivity index (χ0n) is 9.09. The Morgan fingerprint density at radius 2 is 1.93 bits per heavy atom. The van der Waals surface area contributed by atoms with Crippen LogP contribution < -0.4 is 0 Å². The van der Waals surface area contributed by atoms with Crippen molar-refractivity contribution in [1.29, 1.82) is 0 Å². The van der Waals surface area contributed by atoms with Gasteiger partial charge in [-0.05, 0) is 19.8 Å². The summed E-state index contributed by atoms with van der Waals surface area (Å²) >= 11 is 0. The quantitative estimate of drug-likeness (QED) is 0.365. The summed E-state index contributed by atoms with van der Waals surface area (Å²) in [6, 6.07) is 0. The standard InChI is InChI=1S/C11H16O3/c1-7(2)5-8-9(12)6-11(3,4)14-10(8)13/h5,7H,6H2,1-4H3/b8-5-. The number of cyclic esters (lactones) is 1. The highest BCUT2D eigenvalue weighted by Gasteiger charge is 2.36. The van der Waals surface area contributed by atoms with Gasteiger partial charge in [-0.1, -0.05) is 19.9 Å². The lowest BCUT2D eigenvalue weighted by Gasteiger charge is -2.29. The zero-order valence-corrected chi connectivity index (χ0v) is 9.09. The van der Waals surface area contributed by atoms with Gasteiger partial charge in [0.25, 0.3) is 0 Å². The summed E-state index contributed by atoms with van der Waals surface area (Å²) in [5, 5.41) is 0. The van der Waals surface area contributed by atoms with Crippen molar-refractivity contribution in [1.82, 2.24) is 0 Å². The van der Waals surface area contributed by atoms with Crippen LogP contribution in [0.25, 0.3) is 0 Å². The molecule has 1 saturated heterocycles. The molecule has 0 aliphatic carbocycles. The van der Waals surface area contributed by atoms with Crippen LogP contribution in [0.15, 0.2) is 11.6 Å². The van der Waals surface area contributed by atoms with Crippen molar-refractivity contribution in [3.63, 3.8) is 0 Å². The molecular formula is C11H16O3. The first-order valence-electron chi connectivity index (χ1n) is 4.80. The number of hydrogen-bond donors (Lipinski definition) is 0. The zero-order chi connectivity index (χ0) is 10.9. The molecule has 0 radical (unpaired) electrons. The second-order valence-corrected chi connectivity index (χ2v) is 4.57. The smallest absolute Gasteiger partial charge is 0.341 e. The Hall–Kier alpha value is -1.12. The monoisotopic (exact) mass is 196 g/mol. The average molecular weight is 196 g/mol. The summed E-state index contributed by atoms with van der Waals surface area (Å²) in [5.41, 5.74) is -0.443. The summed E-state index contributed by atoms with van der Waals surface area (Å²) in [6.07, 6.45) is 1.94. The van der Waals surface area contributed by atoms with Crippen molar-refractivity contribution in [2.45, 2.75) is 39.7 Å². The molecule has 1 heterocycles. The average Bonchev–Trinajstić information content (AvgIpc) is 1.94. The summed E-state index contributed by atoms with van der Waals surface area (Å²) < 4.78 is 5.13. The predicted molar refractivity (Wildman–Crippen MR) is 52.7 cm³/mol. The first-order valence-corrected chi connectivity index (χ1v) is 4.80. The van der Waals surface area contributed by atoms with Gasteiger partial charge in [-0.2, -0.15) is 0 Å². The Labute approximate surface area is 84.1 Å². The molecule has 0 aromatic rings. The maximum Gasteiger partial charge on any atom is 0.341 e. The normalized spacial score (nSPS) is 24.2. The van der Waals surface area contributed by atoms with Crippen LogP contribution in [-0.4, -0.2) is 17.4 Å². The van der Waals surface area contributed by atoms with Crippen LogP contribution in [0.5, 0.6) is 0 Å². The molecule has 1 aliphatic heterocycles. The molecule has 0 atom stereocenters. The fraction of sp³-hybridized carbons (Fsp3) is 0.636. The van der Waals surface area contributed by atoms with E-state index in [1.54, 1.807) is 19.9 Å². The molecule has 1 rings (SSSR count). The van der Waals surface area contributed by atoms with Gasteiger partial charge in [0.1, 0.15) is 5.60 Å². The van der Waals surface area contributed by atoms with E-state index in [0.29, 0.717) is 0 Å². The van der Waals surface area contributed by atoms with Gasteiger partial charge in [0.2, 0.25) is 0 Å². The van der Waals surface area contributed by atoms with Crippen LogP contribution >= 0.6 is 0 Å². The molecule has 14 heavy (non-hydrogen) atoms. The van der Waals surface area contributed by atoms with Gasteiger partial charge in [0, 0.05) is 0 Å². The molecule has 78 valence electrons. The fourth-order valence-corrected chi connectivity index (χ4v) is 1.43. The van der Waals surface area contributed by atoms with E-state index in [4.69, 9.17) is 4.74 Å². The van der Waals surface area contributed by atoms with Crippen molar-refractivity contribution in [2.75, 3.05) is 0 Å². The van der Waals surface area contributed by atoms with Crippen LogP contribution in [-0.2, 0) is 14.3 Å². The predicted octanol–water partition coefficient (Wildman–Crippen LogP) is 1.86. The van der Waals surface area contributed by atoms with Gasteiger partial charge in [0.05, 0.1) is 12.0 Å². The minimum atomic E-state index is -0.650. The van der Waals surface area contributed by atoms with Crippen LogP contribution in [0.3, 0.4) is 0 Å². The van der Waals surface area contributed by atoms with Gasteiger partial charge in [-0.15, -0.1) is 0 Å². The molecule has 0 bridgehead atoms. The minimum Gasteiger partial charge on any atom is -0.456 e. The highest BCUT2D eigenvalue weighted by molar-refractivity contribution is 6.19. The van der Waals surface area contributed by atoms with Crippen molar-refractivity contribution in [3.8, 4) is 0 Å². The van der Waals surface area contributed by atoms with E-state index in [1.165, 1.54) is 0 Å². The third-order valence-electron chi connectivity index (χ3n) is 1.98. The first kappa shape index (κ1) is 11.0. The summed E-state index contributed by atoms with van der Waals surface area (Å²) in [7, 11) is 0. The molecule has 1 aliphatic rings. The Kier molecular flexibility index (Phi) is 2.79. The molecule has 1 fully saturated rings. The van der Waals surface area contributed by atoms with E-state index in [2.05, 4.69) is 0 Å². The van der Waals surface area contributed by atoms with E-state index < -0.39 is 11.6 Å². The number of Topliss-reactive ketones (excluding diaryl/α,β-unsaturated/α-hetero) is 1. The summed E-state index contributed by atoms with van der Waals surface area (Å²) in [5.74, 6) is -0.414. The number of carbonyl (C=O) groups is 2. The van der Waals surface area contributed by atoms with Crippen molar-refractivity contribution in [2.24, 2.45) is 5.92 Å². The van der Waals surface area contributed by atoms with Gasteiger partial charge in [0.15, 0.2) is 5.78 Å². The van der Waals surface area contributed by atoms with E-state index in [-0.39, 0.29) is 23.7 Å². The van der Waals surface area contributed by atoms with Crippen LogP contribution in [0.2, 0.25) is 0 Å². The molecule has 0 N–H and O–H groups in total. The largest absolute Gasteiger partial charge is 0.456 e.